The van der Waals surface area contributed by atoms with Crippen LogP contribution in [0.5, 0.6) is 0 Å². The molecule has 6 heteroatoms. The summed E-state index contributed by atoms with van der Waals surface area (Å²) in [5.41, 5.74) is 6.32. The van der Waals surface area contributed by atoms with E-state index in [1.54, 1.807) is 6.20 Å². The third kappa shape index (κ3) is 3.79. The number of amides is 1. The molecule has 6 nitrogen and oxygen atoms in total. The number of benzene rings is 3. The van der Waals surface area contributed by atoms with Crippen molar-refractivity contribution >= 4 is 22.8 Å². The fourth-order valence-corrected chi connectivity index (χ4v) is 6.63. The summed E-state index contributed by atoms with van der Waals surface area (Å²) >= 11 is 0. The van der Waals surface area contributed by atoms with Crippen molar-refractivity contribution in [2.75, 3.05) is 19.8 Å². The van der Waals surface area contributed by atoms with E-state index < -0.39 is 0 Å². The Morgan fingerprint density at radius 3 is 2.18 bits per heavy atom. The molecular weight excluding hydrogens is 476 g/mol. The van der Waals surface area contributed by atoms with Crippen molar-refractivity contribution in [1.29, 1.82) is 0 Å². The Morgan fingerprint density at radius 1 is 0.842 bits per heavy atom. The summed E-state index contributed by atoms with van der Waals surface area (Å²) < 4.78 is 11.8. The van der Waals surface area contributed by atoms with E-state index in [1.807, 2.05) is 59.5 Å². The second kappa shape index (κ2) is 9.37. The number of carbonyl (C=O) groups is 2. The summed E-state index contributed by atoms with van der Waals surface area (Å²) in [7, 11) is 0. The first kappa shape index (κ1) is 23.1. The van der Waals surface area contributed by atoms with Gasteiger partial charge in [0.2, 0.25) is 0 Å². The number of Topliss-reactive ketones (excluding diaryl/α,β-unsaturated/α-hetero) is 1. The topological polar surface area (TPSA) is 68.7 Å². The van der Waals surface area contributed by atoms with Gasteiger partial charge < -0.3 is 9.47 Å². The van der Waals surface area contributed by atoms with Crippen molar-refractivity contribution in [3.8, 4) is 11.1 Å². The maximum absolute atomic E-state index is 13.7. The number of para-hydroxylation sites is 1. The predicted octanol–water partition coefficient (Wildman–Crippen LogP) is 5.85. The first-order valence-electron chi connectivity index (χ1n) is 13.3. The molecule has 2 aliphatic heterocycles. The molecule has 3 aromatic carbocycles. The fraction of sp³-hybridized carbons (Fsp3) is 0.281. The van der Waals surface area contributed by atoms with E-state index in [0.717, 1.165) is 10.9 Å². The molecule has 4 aromatic rings. The van der Waals surface area contributed by atoms with Gasteiger partial charge in [0.15, 0.2) is 5.78 Å². The van der Waals surface area contributed by atoms with Gasteiger partial charge >= 0.3 is 6.09 Å². The first-order chi connectivity index (χ1) is 18.7. The lowest BCUT2D eigenvalue weighted by molar-refractivity contribution is -0.0747. The molecule has 7 rings (SSSR count). The van der Waals surface area contributed by atoms with Gasteiger partial charge in [0, 0.05) is 29.0 Å². The number of aromatic nitrogens is 1. The first-order valence-corrected chi connectivity index (χ1v) is 13.3. The van der Waals surface area contributed by atoms with Crippen LogP contribution < -0.4 is 0 Å². The number of fused-ring (bicyclic) bond motifs is 6. The van der Waals surface area contributed by atoms with Crippen LogP contribution in [0.2, 0.25) is 0 Å². The number of ether oxygens (including phenoxy) is 2. The number of ketones is 1. The lowest BCUT2D eigenvalue weighted by Crippen LogP contribution is -2.60. The maximum Gasteiger partial charge on any atom is 0.410 e. The minimum absolute atomic E-state index is 0.0153. The highest BCUT2D eigenvalue weighted by Crippen LogP contribution is 2.45. The van der Waals surface area contributed by atoms with Gasteiger partial charge in [-0.05, 0) is 47.2 Å². The van der Waals surface area contributed by atoms with Gasteiger partial charge in [0.25, 0.3) is 0 Å². The van der Waals surface area contributed by atoms with Crippen LogP contribution in [0.15, 0.2) is 85.1 Å². The summed E-state index contributed by atoms with van der Waals surface area (Å²) in [5, 5.41) is 0.875. The summed E-state index contributed by atoms with van der Waals surface area (Å²) in [5.74, 6) is -0.0356. The lowest BCUT2D eigenvalue weighted by atomic mass is 9.80. The Labute approximate surface area is 221 Å². The van der Waals surface area contributed by atoms with Gasteiger partial charge in [-0.1, -0.05) is 66.7 Å². The van der Waals surface area contributed by atoms with Gasteiger partial charge in [-0.3, -0.25) is 14.7 Å². The Balaban J connectivity index is 1.08. The minimum Gasteiger partial charge on any atom is -0.448 e. The molecule has 38 heavy (non-hydrogen) atoms. The fourth-order valence-electron chi connectivity index (χ4n) is 6.63. The molecule has 1 amide bonds. The molecule has 190 valence electrons. The number of rotatable bonds is 4. The zero-order chi connectivity index (χ0) is 25.6. The highest BCUT2D eigenvalue weighted by Gasteiger charge is 2.45. The third-order valence-corrected chi connectivity index (χ3v) is 8.35. The molecule has 0 radical (unpaired) electrons. The van der Waals surface area contributed by atoms with Crippen LogP contribution in [0, 0.1) is 5.92 Å². The molecule has 3 aliphatic rings. The minimum atomic E-state index is -0.314. The molecule has 2 unspecified atom stereocenters. The van der Waals surface area contributed by atoms with Crippen molar-refractivity contribution < 1.29 is 19.1 Å². The average Bonchev–Trinajstić information content (AvgIpc) is 3.28. The van der Waals surface area contributed by atoms with E-state index in [-0.39, 0.29) is 42.4 Å². The summed E-state index contributed by atoms with van der Waals surface area (Å²) in [6.45, 7) is 1.12. The van der Waals surface area contributed by atoms with Crippen LogP contribution in [0.1, 0.15) is 40.2 Å². The molecule has 2 bridgehead atoms. The van der Waals surface area contributed by atoms with E-state index >= 15 is 0 Å². The van der Waals surface area contributed by atoms with E-state index in [0.29, 0.717) is 31.6 Å². The smallest absolute Gasteiger partial charge is 0.410 e. The van der Waals surface area contributed by atoms with Crippen LogP contribution in [0.25, 0.3) is 22.0 Å². The number of nitrogens with zero attached hydrogens (tertiary/aromatic N) is 2. The lowest BCUT2D eigenvalue weighted by Gasteiger charge is -2.47. The van der Waals surface area contributed by atoms with Gasteiger partial charge in [0.1, 0.15) is 6.61 Å². The van der Waals surface area contributed by atoms with Crippen LogP contribution >= 0.6 is 0 Å². The SMILES string of the molecule is O=C(c1ccnc2ccccc12)C1CC2COCC(C1)N2C(=O)OCC1c2ccccc2-c2ccccc21. The summed E-state index contributed by atoms with van der Waals surface area (Å²) in [4.78, 5) is 33.4. The molecule has 2 saturated heterocycles. The molecule has 2 atom stereocenters. The monoisotopic (exact) mass is 504 g/mol. The normalized spacial score (nSPS) is 22.1. The van der Waals surface area contributed by atoms with Gasteiger partial charge in [-0.2, -0.15) is 0 Å². The highest BCUT2D eigenvalue weighted by molar-refractivity contribution is 6.08. The van der Waals surface area contributed by atoms with Gasteiger partial charge in [-0.15, -0.1) is 0 Å². The third-order valence-electron chi connectivity index (χ3n) is 8.35. The molecule has 0 spiro atoms. The Hall–Kier alpha value is -4.03. The molecule has 2 fully saturated rings. The predicted molar refractivity (Wildman–Crippen MR) is 144 cm³/mol. The maximum atomic E-state index is 13.7. The molecule has 1 aliphatic carbocycles. The van der Waals surface area contributed by atoms with Gasteiger partial charge in [0.05, 0.1) is 30.8 Å². The highest BCUT2D eigenvalue weighted by atomic mass is 16.6. The Kier molecular flexibility index (Phi) is 5.70. The largest absolute Gasteiger partial charge is 0.448 e. The quantitative estimate of drug-likeness (QED) is 0.326. The van der Waals surface area contributed by atoms with Gasteiger partial charge in [-0.25, -0.2) is 4.79 Å². The number of pyridine rings is 1. The molecule has 0 saturated carbocycles. The Morgan fingerprint density at radius 2 is 1.47 bits per heavy atom. The zero-order valence-corrected chi connectivity index (χ0v) is 21.0. The van der Waals surface area contributed by atoms with Crippen LogP contribution in [0.4, 0.5) is 4.79 Å². The number of hydrogen-bond acceptors (Lipinski definition) is 5. The van der Waals surface area contributed by atoms with E-state index in [9.17, 15) is 9.59 Å². The Bertz CT molecular complexity index is 1480. The van der Waals surface area contributed by atoms with E-state index in [1.165, 1.54) is 22.3 Å². The van der Waals surface area contributed by atoms with E-state index in [4.69, 9.17) is 9.47 Å². The van der Waals surface area contributed by atoms with Crippen molar-refractivity contribution in [3.63, 3.8) is 0 Å². The standard InChI is InChI=1S/C32H28N2O4/c35-31(28-13-14-33-30-12-6-5-11-27(28)30)20-15-21-17-37-18-22(16-20)34(21)32(36)38-19-29-25-9-3-1-7-23(25)24-8-2-4-10-26(24)29/h1-14,20-22,29H,15-19H2. The van der Waals surface area contributed by atoms with Crippen molar-refractivity contribution in [3.05, 3.63) is 102 Å². The van der Waals surface area contributed by atoms with Crippen LogP contribution in [-0.2, 0) is 9.47 Å². The molecular formula is C32H28N2O4. The zero-order valence-electron chi connectivity index (χ0n) is 21.0. The molecule has 0 N–H and O–H groups in total. The number of piperidine rings is 1. The molecule has 1 aromatic heterocycles. The van der Waals surface area contributed by atoms with Crippen molar-refractivity contribution in [2.45, 2.75) is 30.8 Å². The second-order valence-corrected chi connectivity index (χ2v) is 10.5. The van der Waals surface area contributed by atoms with Crippen molar-refractivity contribution in [2.24, 2.45) is 5.92 Å². The van der Waals surface area contributed by atoms with Crippen molar-refractivity contribution in [1.82, 2.24) is 9.88 Å². The second-order valence-electron chi connectivity index (χ2n) is 10.5. The van der Waals surface area contributed by atoms with Crippen LogP contribution in [0.3, 0.4) is 0 Å². The molecule has 3 heterocycles. The number of carbonyl (C=O) groups excluding carboxylic acids is 2. The average molecular weight is 505 g/mol. The summed E-state index contributed by atoms with van der Waals surface area (Å²) in [6.07, 6.45) is 2.52. The number of morpholine rings is 1. The summed E-state index contributed by atoms with van der Waals surface area (Å²) in [6, 6.07) is 25.9. The number of hydrogen-bond donors (Lipinski definition) is 0. The van der Waals surface area contributed by atoms with Crippen LogP contribution in [-0.4, -0.2) is 53.7 Å². The van der Waals surface area contributed by atoms with E-state index in [2.05, 4.69) is 29.2 Å².